The van der Waals surface area contributed by atoms with Crippen LogP contribution in [0.4, 0.5) is 10.1 Å². The normalized spacial score (nSPS) is 15.6. The van der Waals surface area contributed by atoms with Gasteiger partial charge in [0.15, 0.2) is 0 Å². The Hall–Kier alpha value is -1.74. The van der Waals surface area contributed by atoms with E-state index in [1.807, 2.05) is 12.1 Å². The van der Waals surface area contributed by atoms with E-state index < -0.39 is 5.82 Å². The van der Waals surface area contributed by atoms with Crippen LogP contribution in [0.5, 0.6) is 5.75 Å². The van der Waals surface area contributed by atoms with E-state index in [2.05, 4.69) is 17.4 Å². The molecule has 2 aromatic rings. The average molecular weight is 306 g/mol. The van der Waals surface area contributed by atoms with Gasteiger partial charge in [-0.25, -0.2) is 4.39 Å². The third-order valence-corrected chi connectivity index (χ3v) is 4.10. The molecule has 2 aromatic carbocycles. The molecule has 0 aromatic heterocycles. The molecular formula is C17H17ClFNO. The van der Waals surface area contributed by atoms with Crippen molar-refractivity contribution in [3.05, 3.63) is 58.9 Å². The Bertz CT molecular complexity index is 625. The van der Waals surface area contributed by atoms with E-state index in [-0.39, 0.29) is 11.1 Å². The molecule has 4 heteroatoms. The van der Waals surface area contributed by atoms with Crippen molar-refractivity contribution in [2.45, 2.75) is 18.9 Å². The van der Waals surface area contributed by atoms with E-state index in [0.29, 0.717) is 5.92 Å². The largest absolute Gasteiger partial charge is 0.497 e. The second-order valence-electron chi connectivity index (χ2n) is 5.36. The van der Waals surface area contributed by atoms with Crippen molar-refractivity contribution in [1.82, 2.24) is 0 Å². The highest BCUT2D eigenvalue weighted by Gasteiger charge is 2.32. The first kappa shape index (κ1) is 14.2. The minimum absolute atomic E-state index is 0.143. The number of benzene rings is 2. The van der Waals surface area contributed by atoms with Crippen LogP contribution in [0.1, 0.15) is 24.4 Å². The molecule has 1 atom stereocenters. The molecule has 3 rings (SSSR count). The summed E-state index contributed by atoms with van der Waals surface area (Å²) in [7, 11) is 1.66. The number of anilines is 1. The molecule has 1 saturated carbocycles. The van der Waals surface area contributed by atoms with Crippen molar-refractivity contribution in [3.8, 4) is 5.75 Å². The molecule has 0 heterocycles. The summed E-state index contributed by atoms with van der Waals surface area (Å²) in [6.45, 7) is 0. The Kier molecular flexibility index (Phi) is 4.02. The first-order chi connectivity index (χ1) is 10.2. The molecule has 21 heavy (non-hydrogen) atoms. The van der Waals surface area contributed by atoms with Gasteiger partial charge in [-0.05, 0) is 54.7 Å². The topological polar surface area (TPSA) is 21.3 Å². The summed E-state index contributed by atoms with van der Waals surface area (Å²) in [5, 5.41) is 3.61. The summed E-state index contributed by atoms with van der Waals surface area (Å²) < 4.78 is 18.4. The highest BCUT2D eigenvalue weighted by atomic mass is 35.5. The quantitative estimate of drug-likeness (QED) is 0.834. The zero-order chi connectivity index (χ0) is 14.8. The van der Waals surface area contributed by atoms with Crippen LogP contribution in [-0.4, -0.2) is 7.11 Å². The monoisotopic (exact) mass is 305 g/mol. The van der Waals surface area contributed by atoms with Gasteiger partial charge >= 0.3 is 0 Å². The average Bonchev–Trinajstić information content (AvgIpc) is 3.33. The van der Waals surface area contributed by atoms with Gasteiger partial charge in [0.2, 0.25) is 0 Å². The van der Waals surface area contributed by atoms with Gasteiger partial charge < -0.3 is 10.1 Å². The first-order valence-electron chi connectivity index (χ1n) is 7.03. The number of ether oxygens (including phenoxy) is 1. The molecule has 1 N–H and O–H groups in total. The van der Waals surface area contributed by atoms with Gasteiger partial charge in [0.1, 0.15) is 11.6 Å². The van der Waals surface area contributed by atoms with Gasteiger partial charge in [0.05, 0.1) is 18.2 Å². The minimum atomic E-state index is -0.394. The number of methoxy groups -OCH3 is 1. The molecule has 1 aliphatic rings. The third-order valence-electron chi connectivity index (χ3n) is 3.81. The van der Waals surface area contributed by atoms with Crippen LogP contribution in [0.2, 0.25) is 5.02 Å². The lowest BCUT2D eigenvalue weighted by atomic mass is 10.0. The van der Waals surface area contributed by atoms with Crippen LogP contribution in [0, 0.1) is 11.7 Å². The fourth-order valence-corrected chi connectivity index (χ4v) is 2.66. The van der Waals surface area contributed by atoms with E-state index in [0.717, 1.165) is 11.4 Å². The lowest BCUT2D eigenvalue weighted by Gasteiger charge is -2.20. The van der Waals surface area contributed by atoms with Crippen molar-refractivity contribution in [2.75, 3.05) is 12.4 Å². The fourth-order valence-electron chi connectivity index (χ4n) is 2.48. The fraction of sp³-hybridized carbons (Fsp3) is 0.294. The van der Waals surface area contributed by atoms with Crippen molar-refractivity contribution in [2.24, 2.45) is 5.92 Å². The van der Waals surface area contributed by atoms with Crippen molar-refractivity contribution >= 4 is 17.3 Å². The molecule has 1 aliphatic carbocycles. The molecule has 0 saturated heterocycles. The predicted octanol–water partition coefficient (Wildman–Crippen LogP) is 5.05. The molecule has 0 spiro atoms. The van der Waals surface area contributed by atoms with Crippen molar-refractivity contribution in [1.29, 1.82) is 0 Å². The number of halogens is 2. The molecule has 110 valence electrons. The number of hydrogen-bond acceptors (Lipinski definition) is 2. The predicted molar refractivity (Wildman–Crippen MR) is 83.5 cm³/mol. The first-order valence-corrected chi connectivity index (χ1v) is 7.40. The van der Waals surface area contributed by atoms with Crippen LogP contribution >= 0.6 is 11.6 Å². The molecule has 0 aliphatic heterocycles. The van der Waals surface area contributed by atoms with Gasteiger partial charge in [-0.2, -0.15) is 0 Å². The lowest BCUT2D eigenvalue weighted by molar-refractivity contribution is 0.414. The summed E-state index contributed by atoms with van der Waals surface area (Å²) in [5.74, 6) is 1.06. The van der Waals surface area contributed by atoms with E-state index in [1.54, 1.807) is 19.2 Å². The van der Waals surface area contributed by atoms with Crippen LogP contribution in [-0.2, 0) is 0 Å². The van der Waals surface area contributed by atoms with Gasteiger partial charge in [-0.15, -0.1) is 0 Å². The summed E-state index contributed by atoms with van der Waals surface area (Å²) in [4.78, 5) is 0. The summed E-state index contributed by atoms with van der Waals surface area (Å²) in [6, 6.07) is 13.0. The molecule has 0 radical (unpaired) electrons. The van der Waals surface area contributed by atoms with Crippen LogP contribution in [0.3, 0.4) is 0 Å². The highest BCUT2D eigenvalue weighted by Crippen LogP contribution is 2.43. The van der Waals surface area contributed by atoms with Gasteiger partial charge in [-0.1, -0.05) is 23.7 Å². The number of nitrogens with one attached hydrogen (secondary N) is 1. The Morgan fingerprint density at radius 3 is 2.48 bits per heavy atom. The Balaban J connectivity index is 1.82. The smallest absolute Gasteiger partial charge is 0.141 e. The molecule has 0 amide bonds. The molecule has 0 bridgehead atoms. The second kappa shape index (κ2) is 5.94. The SMILES string of the molecule is COc1ccc(C(Nc2ccc(F)c(Cl)c2)C2CC2)cc1. The van der Waals surface area contributed by atoms with Crippen molar-refractivity contribution < 1.29 is 9.13 Å². The van der Waals surface area contributed by atoms with E-state index in [1.165, 1.54) is 24.5 Å². The minimum Gasteiger partial charge on any atom is -0.497 e. The van der Waals surface area contributed by atoms with Gasteiger partial charge in [0.25, 0.3) is 0 Å². The Labute approximate surface area is 128 Å². The Morgan fingerprint density at radius 2 is 1.90 bits per heavy atom. The Morgan fingerprint density at radius 1 is 1.19 bits per heavy atom. The zero-order valence-corrected chi connectivity index (χ0v) is 12.5. The van der Waals surface area contributed by atoms with E-state index in [9.17, 15) is 4.39 Å². The molecule has 1 unspecified atom stereocenters. The molecular weight excluding hydrogens is 289 g/mol. The molecule has 1 fully saturated rings. The maximum absolute atomic E-state index is 13.2. The summed E-state index contributed by atoms with van der Waals surface area (Å²) in [5.41, 5.74) is 2.05. The maximum atomic E-state index is 13.2. The number of hydrogen-bond donors (Lipinski definition) is 1. The van der Waals surface area contributed by atoms with Crippen molar-refractivity contribution in [3.63, 3.8) is 0 Å². The van der Waals surface area contributed by atoms with Gasteiger partial charge in [-0.3, -0.25) is 0 Å². The standard InChI is InChI=1S/C17H17ClFNO/c1-21-14-7-4-12(5-8-14)17(11-2-3-11)20-13-6-9-16(19)15(18)10-13/h4-11,17,20H,2-3H2,1H3. The zero-order valence-electron chi connectivity index (χ0n) is 11.8. The third kappa shape index (κ3) is 3.30. The number of rotatable bonds is 5. The molecule has 2 nitrogen and oxygen atoms in total. The van der Waals surface area contributed by atoms with Crippen LogP contribution in [0.15, 0.2) is 42.5 Å². The second-order valence-corrected chi connectivity index (χ2v) is 5.77. The van der Waals surface area contributed by atoms with Crippen LogP contribution < -0.4 is 10.1 Å². The van der Waals surface area contributed by atoms with Gasteiger partial charge in [0, 0.05) is 5.69 Å². The summed E-state index contributed by atoms with van der Waals surface area (Å²) in [6.07, 6.45) is 2.41. The van der Waals surface area contributed by atoms with Crippen LogP contribution in [0.25, 0.3) is 0 Å². The lowest BCUT2D eigenvalue weighted by Crippen LogP contribution is -2.13. The van der Waals surface area contributed by atoms with E-state index in [4.69, 9.17) is 16.3 Å². The highest BCUT2D eigenvalue weighted by molar-refractivity contribution is 6.31. The maximum Gasteiger partial charge on any atom is 0.141 e. The van der Waals surface area contributed by atoms with E-state index >= 15 is 0 Å². The summed E-state index contributed by atoms with van der Waals surface area (Å²) >= 11 is 5.85.